The smallest absolute Gasteiger partial charge is 0.410 e. The molecular weight excluding hydrogens is 294 g/mol. The van der Waals surface area contributed by atoms with Crippen LogP contribution in [0.25, 0.3) is 0 Å². The number of carboxylic acid groups (broad SMARTS) is 1. The standard InChI is InChI=1S/C18H25NO4/c1-14(16(20)21)9-8-12-19(17(22)23-18(2,3)4)13-15-10-6-5-7-11-15/h5-7,9-11H,8,12-13H2,1-4H3,(H,20,21). The summed E-state index contributed by atoms with van der Waals surface area (Å²) in [5.74, 6) is -0.947. The maximum Gasteiger partial charge on any atom is 0.410 e. The molecule has 0 atom stereocenters. The minimum absolute atomic E-state index is 0.272. The van der Waals surface area contributed by atoms with Crippen LogP contribution in [0.1, 0.15) is 39.7 Å². The van der Waals surface area contributed by atoms with Crippen molar-refractivity contribution in [2.75, 3.05) is 6.54 Å². The molecule has 0 aliphatic heterocycles. The molecule has 0 aliphatic carbocycles. The lowest BCUT2D eigenvalue weighted by molar-refractivity contribution is -0.132. The van der Waals surface area contributed by atoms with E-state index in [4.69, 9.17) is 9.84 Å². The summed E-state index contributed by atoms with van der Waals surface area (Å²) in [6.45, 7) is 7.82. The molecule has 5 nitrogen and oxygen atoms in total. The summed E-state index contributed by atoms with van der Waals surface area (Å²) < 4.78 is 5.43. The Morgan fingerprint density at radius 2 is 1.83 bits per heavy atom. The van der Waals surface area contributed by atoms with Crippen LogP contribution < -0.4 is 0 Å². The summed E-state index contributed by atoms with van der Waals surface area (Å²) in [6.07, 6.45) is 1.68. The van der Waals surface area contributed by atoms with Gasteiger partial charge in [0.2, 0.25) is 0 Å². The Morgan fingerprint density at radius 3 is 2.35 bits per heavy atom. The SMILES string of the molecule is CC(=CCCN(Cc1ccccc1)C(=O)OC(C)(C)C)C(=O)O. The highest BCUT2D eigenvalue weighted by molar-refractivity contribution is 5.85. The van der Waals surface area contributed by atoms with E-state index in [0.717, 1.165) is 5.56 Å². The number of hydrogen-bond acceptors (Lipinski definition) is 3. The number of carboxylic acids is 1. The lowest BCUT2D eigenvalue weighted by Gasteiger charge is -2.27. The third-order valence-corrected chi connectivity index (χ3v) is 3.05. The molecule has 1 amide bonds. The van der Waals surface area contributed by atoms with Crippen LogP contribution in [0.2, 0.25) is 0 Å². The molecule has 0 unspecified atom stereocenters. The van der Waals surface area contributed by atoms with Crippen molar-refractivity contribution >= 4 is 12.1 Å². The van der Waals surface area contributed by atoms with Crippen molar-refractivity contribution in [1.29, 1.82) is 0 Å². The highest BCUT2D eigenvalue weighted by Gasteiger charge is 2.21. The van der Waals surface area contributed by atoms with Gasteiger partial charge < -0.3 is 14.7 Å². The van der Waals surface area contributed by atoms with Gasteiger partial charge in [-0.3, -0.25) is 0 Å². The molecule has 0 aromatic heterocycles. The first-order valence-electron chi connectivity index (χ1n) is 7.61. The predicted octanol–water partition coefficient (Wildman–Crippen LogP) is 3.84. The van der Waals surface area contributed by atoms with Gasteiger partial charge in [-0.2, -0.15) is 0 Å². The van der Waals surface area contributed by atoms with Crippen molar-refractivity contribution < 1.29 is 19.4 Å². The Bertz CT molecular complexity index is 558. The summed E-state index contributed by atoms with van der Waals surface area (Å²) in [5, 5.41) is 8.87. The van der Waals surface area contributed by atoms with Crippen molar-refractivity contribution in [2.45, 2.75) is 46.3 Å². The van der Waals surface area contributed by atoms with Crippen LogP contribution in [0.3, 0.4) is 0 Å². The molecule has 23 heavy (non-hydrogen) atoms. The number of amides is 1. The summed E-state index contributed by atoms with van der Waals surface area (Å²) in [7, 11) is 0. The number of nitrogens with zero attached hydrogens (tertiary/aromatic N) is 1. The van der Waals surface area contributed by atoms with Crippen molar-refractivity contribution in [1.82, 2.24) is 4.90 Å². The molecular formula is C18H25NO4. The van der Waals surface area contributed by atoms with Gasteiger partial charge in [-0.1, -0.05) is 36.4 Å². The molecule has 0 aliphatic rings. The Balaban J connectivity index is 2.77. The van der Waals surface area contributed by atoms with Gasteiger partial charge >= 0.3 is 12.1 Å². The van der Waals surface area contributed by atoms with E-state index in [0.29, 0.717) is 19.5 Å². The monoisotopic (exact) mass is 319 g/mol. The lowest BCUT2D eigenvalue weighted by Crippen LogP contribution is -2.37. The van der Waals surface area contributed by atoms with Gasteiger partial charge in [-0.05, 0) is 39.7 Å². The minimum atomic E-state index is -0.947. The molecule has 1 aromatic carbocycles. The second kappa shape index (κ2) is 8.36. The molecule has 126 valence electrons. The zero-order valence-corrected chi connectivity index (χ0v) is 14.2. The summed E-state index contributed by atoms with van der Waals surface area (Å²) >= 11 is 0. The maximum absolute atomic E-state index is 12.3. The number of hydrogen-bond donors (Lipinski definition) is 1. The van der Waals surface area contributed by atoms with Crippen LogP contribution in [-0.4, -0.2) is 34.2 Å². The van der Waals surface area contributed by atoms with Gasteiger partial charge in [0.05, 0.1) is 0 Å². The fourth-order valence-corrected chi connectivity index (χ4v) is 1.89. The number of ether oxygens (including phenoxy) is 1. The molecule has 0 saturated heterocycles. The largest absolute Gasteiger partial charge is 0.478 e. The van der Waals surface area contributed by atoms with Crippen LogP contribution in [-0.2, 0) is 16.1 Å². The average molecular weight is 319 g/mol. The van der Waals surface area contributed by atoms with Crippen LogP contribution >= 0.6 is 0 Å². The van der Waals surface area contributed by atoms with Gasteiger partial charge in [0.1, 0.15) is 5.60 Å². The quantitative estimate of drug-likeness (QED) is 0.809. The first-order chi connectivity index (χ1) is 10.7. The Hall–Kier alpha value is -2.30. The van der Waals surface area contributed by atoms with E-state index in [2.05, 4.69) is 0 Å². The number of carbonyl (C=O) groups excluding carboxylic acids is 1. The minimum Gasteiger partial charge on any atom is -0.478 e. The molecule has 1 N–H and O–H groups in total. The predicted molar refractivity (Wildman–Crippen MR) is 89.1 cm³/mol. The van der Waals surface area contributed by atoms with Gasteiger partial charge in [0, 0.05) is 18.7 Å². The Kier molecular flexibility index (Phi) is 6.82. The van der Waals surface area contributed by atoms with Crippen molar-refractivity contribution in [2.24, 2.45) is 0 Å². The fraction of sp³-hybridized carbons (Fsp3) is 0.444. The normalized spacial score (nSPS) is 11.9. The highest BCUT2D eigenvalue weighted by Crippen LogP contribution is 2.13. The average Bonchev–Trinajstić information content (AvgIpc) is 2.45. The molecule has 0 fully saturated rings. The molecule has 1 rings (SSSR count). The van der Waals surface area contributed by atoms with Crippen LogP contribution in [0.5, 0.6) is 0 Å². The van der Waals surface area contributed by atoms with E-state index < -0.39 is 17.7 Å². The van der Waals surface area contributed by atoms with Crippen molar-refractivity contribution in [3.05, 3.63) is 47.5 Å². The molecule has 1 aromatic rings. The van der Waals surface area contributed by atoms with E-state index in [9.17, 15) is 9.59 Å². The van der Waals surface area contributed by atoms with E-state index >= 15 is 0 Å². The van der Waals surface area contributed by atoms with Crippen molar-refractivity contribution in [3.63, 3.8) is 0 Å². The molecule has 5 heteroatoms. The lowest BCUT2D eigenvalue weighted by atomic mass is 10.2. The van der Waals surface area contributed by atoms with Crippen LogP contribution in [0.4, 0.5) is 4.79 Å². The van der Waals surface area contributed by atoms with Crippen LogP contribution in [0.15, 0.2) is 42.0 Å². The zero-order valence-electron chi connectivity index (χ0n) is 14.2. The summed E-state index contributed by atoms with van der Waals surface area (Å²) in [4.78, 5) is 24.7. The third kappa shape index (κ3) is 7.49. The van der Waals surface area contributed by atoms with Crippen molar-refractivity contribution in [3.8, 4) is 0 Å². The number of benzene rings is 1. The zero-order chi connectivity index (χ0) is 17.5. The summed E-state index contributed by atoms with van der Waals surface area (Å²) in [5.41, 5.74) is 0.699. The number of aliphatic carboxylic acids is 1. The fourth-order valence-electron chi connectivity index (χ4n) is 1.89. The second-order valence-corrected chi connectivity index (χ2v) is 6.37. The topological polar surface area (TPSA) is 66.8 Å². The maximum atomic E-state index is 12.3. The summed E-state index contributed by atoms with van der Waals surface area (Å²) in [6, 6.07) is 9.62. The van der Waals surface area contributed by atoms with E-state index in [1.807, 2.05) is 51.1 Å². The van der Waals surface area contributed by atoms with Gasteiger partial charge in [0.25, 0.3) is 0 Å². The molecule has 0 radical (unpaired) electrons. The first kappa shape index (κ1) is 18.7. The van der Waals surface area contributed by atoms with Gasteiger partial charge in [-0.15, -0.1) is 0 Å². The Morgan fingerprint density at radius 1 is 1.22 bits per heavy atom. The molecule has 0 spiro atoms. The number of rotatable bonds is 6. The molecule has 0 heterocycles. The molecule has 0 bridgehead atoms. The van der Waals surface area contributed by atoms with Gasteiger partial charge in [-0.25, -0.2) is 9.59 Å². The van der Waals surface area contributed by atoms with E-state index in [1.165, 1.54) is 6.92 Å². The van der Waals surface area contributed by atoms with Gasteiger partial charge in [0.15, 0.2) is 0 Å². The first-order valence-corrected chi connectivity index (χ1v) is 7.61. The highest BCUT2D eigenvalue weighted by atomic mass is 16.6. The molecule has 0 saturated carbocycles. The van der Waals surface area contributed by atoms with E-state index in [1.54, 1.807) is 11.0 Å². The second-order valence-electron chi connectivity index (χ2n) is 6.37. The van der Waals surface area contributed by atoms with E-state index in [-0.39, 0.29) is 5.57 Å². The number of carbonyl (C=O) groups is 2. The van der Waals surface area contributed by atoms with Crippen LogP contribution in [0, 0.1) is 0 Å². The third-order valence-electron chi connectivity index (χ3n) is 3.05. The Labute approximate surface area is 137 Å².